The van der Waals surface area contributed by atoms with Gasteiger partial charge in [-0.3, -0.25) is 10.1 Å². The topological polar surface area (TPSA) is 120 Å². The number of nitrogens with one attached hydrogen (secondary N) is 2. The highest BCUT2D eigenvalue weighted by atomic mass is 32.2. The fourth-order valence-electron chi connectivity index (χ4n) is 2.27. The fraction of sp³-hybridized carbons (Fsp3) is 0.438. The second-order valence-corrected chi connectivity index (χ2v) is 7.64. The van der Waals surface area contributed by atoms with Gasteiger partial charge in [-0.25, -0.2) is 9.48 Å². The minimum absolute atomic E-state index is 0.00497. The Morgan fingerprint density at radius 1 is 1.22 bits per heavy atom. The number of thioether (sulfide) groups is 1. The predicted molar refractivity (Wildman–Crippen MR) is 98.1 cm³/mol. The number of fused-ring (bicyclic) bond motifs is 1. The van der Waals surface area contributed by atoms with Gasteiger partial charge in [0.2, 0.25) is 11.1 Å². The number of imide groups is 1. The van der Waals surface area contributed by atoms with Crippen LogP contribution >= 0.6 is 11.8 Å². The molecule has 11 heteroatoms. The summed E-state index contributed by atoms with van der Waals surface area (Å²) in [6.45, 7) is 6.80. The Morgan fingerprint density at radius 3 is 2.70 bits per heavy atom. The van der Waals surface area contributed by atoms with E-state index in [0.29, 0.717) is 35.6 Å². The van der Waals surface area contributed by atoms with Crippen LogP contribution in [-0.4, -0.2) is 51.1 Å². The van der Waals surface area contributed by atoms with Crippen LogP contribution in [0.2, 0.25) is 0 Å². The Hall–Kier alpha value is -2.82. The first kappa shape index (κ1) is 19.0. The summed E-state index contributed by atoms with van der Waals surface area (Å²) in [7, 11) is 0. The molecule has 0 bridgehead atoms. The second kappa shape index (κ2) is 7.82. The van der Waals surface area contributed by atoms with Crippen molar-refractivity contribution < 1.29 is 19.1 Å². The van der Waals surface area contributed by atoms with Gasteiger partial charge < -0.3 is 14.8 Å². The molecule has 1 aromatic carbocycles. The van der Waals surface area contributed by atoms with Gasteiger partial charge in [-0.2, -0.15) is 0 Å². The summed E-state index contributed by atoms with van der Waals surface area (Å²) in [6, 6.07) is 4.38. The monoisotopic (exact) mass is 392 g/mol. The third kappa shape index (κ3) is 4.88. The second-order valence-electron chi connectivity index (χ2n) is 6.69. The molecule has 2 heterocycles. The first-order valence-corrected chi connectivity index (χ1v) is 9.23. The minimum atomic E-state index is -0.632. The quantitative estimate of drug-likeness (QED) is 0.754. The van der Waals surface area contributed by atoms with E-state index in [1.165, 1.54) is 0 Å². The van der Waals surface area contributed by atoms with Gasteiger partial charge in [0.15, 0.2) is 11.5 Å². The summed E-state index contributed by atoms with van der Waals surface area (Å²) in [5.74, 6) is 0.718. The van der Waals surface area contributed by atoms with Gasteiger partial charge in [0.25, 0.3) is 0 Å². The molecule has 0 aliphatic carbocycles. The van der Waals surface area contributed by atoms with Gasteiger partial charge in [0.05, 0.1) is 11.3 Å². The summed E-state index contributed by atoms with van der Waals surface area (Å²) >= 11 is 1.15. The highest BCUT2D eigenvalue weighted by molar-refractivity contribution is 7.99. The number of hydrogen-bond acceptors (Lipinski definition) is 8. The van der Waals surface area contributed by atoms with Crippen LogP contribution in [0.3, 0.4) is 0 Å². The third-order valence-corrected chi connectivity index (χ3v) is 4.38. The molecule has 27 heavy (non-hydrogen) atoms. The van der Waals surface area contributed by atoms with Crippen molar-refractivity contribution in [1.29, 1.82) is 0 Å². The largest absolute Gasteiger partial charge is 0.486 e. The van der Waals surface area contributed by atoms with Crippen LogP contribution in [0.1, 0.15) is 20.8 Å². The van der Waals surface area contributed by atoms with Crippen molar-refractivity contribution in [2.75, 3.05) is 24.3 Å². The summed E-state index contributed by atoms with van der Waals surface area (Å²) in [6.07, 6.45) is 0. The summed E-state index contributed by atoms with van der Waals surface area (Å²) in [5.41, 5.74) is 0.187. The molecule has 1 aromatic heterocycles. The van der Waals surface area contributed by atoms with Crippen molar-refractivity contribution in [2.45, 2.75) is 31.5 Å². The molecule has 3 amide bonds. The maximum Gasteiger partial charge on any atom is 0.325 e. The average molecular weight is 392 g/mol. The van der Waals surface area contributed by atoms with Gasteiger partial charge in [-0.15, -0.1) is 5.10 Å². The molecule has 0 spiro atoms. The number of aromatic nitrogens is 4. The van der Waals surface area contributed by atoms with Crippen LogP contribution < -0.4 is 20.1 Å². The van der Waals surface area contributed by atoms with Crippen LogP contribution in [0.4, 0.5) is 10.5 Å². The number of carbonyl (C=O) groups is 2. The molecule has 0 atom stereocenters. The number of nitrogens with zero attached hydrogens (tertiary/aromatic N) is 4. The van der Waals surface area contributed by atoms with Crippen LogP contribution in [0.5, 0.6) is 11.5 Å². The Morgan fingerprint density at radius 2 is 1.96 bits per heavy atom. The Bertz CT molecular complexity index is 848. The lowest BCUT2D eigenvalue weighted by molar-refractivity contribution is -0.117. The Kier molecular flexibility index (Phi) is 5.49. The lowest BCUT2D eigenvalue weighted by atomic mass is 10.1. The van der Waals surface area contributed by atoms with Gasteiger partial charge in [0.1, 0.15) is 13.2 Å². The molecule has 2 N–H and O–H groups in total. The number of hydrogen-bond donors (Lipinski definition) is 2. The molecular formula is C16H20N6O4S. The van der Waals surface area contributed by atoms with E-state index in [9.17, 15) is 9.59 Å². The van der Waals surface area contributed by atoms with E-state index >= 15 is 0 Å². The van der Waals surface area contributed by atoms with E-state index < -0.39 is 11.9 Å². The van der Waals surface area contributed by atoms with Crippen LogP contribution in [0, 0.1) is 0 Å². The number of urea groups is 1. The molecule has 3 rings (SSSR count). The number of anilines is 1. The molecule has 144 valence electrons. The molecule has 1 aliphatic rings. The standard InChI is InChI=1S/C16H20N6O4S/c1-16(2,3)22-15(19-20-21-22)27-9-13(23)18-14(24)17-10-4-5-11-12(8-10)26-7-6-25-11/h4-5,8H,6-7,9H2,1-3H3,(H2,17,18,23,24). The summed E-state index contributed by atoms with van der Waals surface area (Å²) < 4.78 is 12.5. The van der Waals surface area contributed by atoms with Gasteiger partial charge in [0, 0.05) is 11.8 Å². The van der Waals surface area contributed by atoms with Crippen molar-refractivity contribution in [3.63, 3.8) is 0 Å². The number of tetrazole rings is 1. The maximum absolute atomic E-state index is 12.0. The lowest BCUT2D eigenvalue weighted by Gasteiger charge is -2.19. The zero-order chi connectivity index (χ0) is 19.4. The number of amides is 3. The molecule has 0 radical (unpaired) electrons. The molecule has 0 saturated heterocycles. The van der Waals surface area contributed by atoms with Crippen molar-refractivity contribution in [3.05, 3.63) is 18.2 Å². The average Bonchev–Trinajstić information content (AvgIpc) is 3.09. The fourth-order valence-corrected chi connectivity index (χ4v) is 3.13. The molecule has 0 fully saturated rings. The minimum Gasteiger partial charge on any atom is -0.486 e. The van der Waals surface area contributed by atoms with Crippen molar-refractivity contribution >= 4 is 29.4 Å². The lowest BCUT2D eigenvalue weighted by Crippen LogP contribution is -2.35. The number of benzene rings is 1. The van der Waals surface area contributed by atoms with E-state index in [4.69, 9.17) is 9.47 Å². The molecule has 1 aliphatic heterocycles. The van der Waals surface area contributed by atoms with Gasteiger partial charge in [-0.1, -0.05) is 11.8 Å². The number of rotatable bonds is 4. The normalized spacial score (nSPS) is 13.1. The molecule has 0 saturated carbocycles. The molecular weight excluding hydrogens is 372 g/mol. The SMILES string of the molecule is CC(C)(C)n1nnnc1SCC(=O)NC(=O)Nc1ccc2c(c1)OCCO2. The van der Waals surface area contributed by atoms with Crippen LogP contribution in [0.25, 0.3) is 0 Å². The number of ether oxygens (including phenoxy) is 2. The highest BCUT2D eigenvalue weighted by Crippen LogP contribution is 2.32. The van der Waals surface area contributed by atoms with E-state index in [-0.39, 0.29) is 11.3 Å². The maximum atomic E-state index is 12.0. The molecule has 10 nitrogen and oxygen atoms in total. The summed E-state index contributed by atoms with van der Waals surface area (Å²) in [4.78, 5) is 24.0. The first-order valence-electron chi connectivity index (χ1n) is 8.25. The predicted octanol–water partition coefficient (Wildman–Crippen LogP) is 1.64. The number of carbonyl (C=O) groups excluding carboxylic acids is 2. The third-order valence-electron chi connectivity index (χ3n) is 3.46. The van der Waals surface area contributed by atoms with Crippen molar-refractivity contribution in [2.24, 2.45) is 0 Å². The Labute approximate surface area is 160 Å². The first-order chi connectivity index (χ1) is 12.8. The summed E-state index contributed by atoms with van der Waals surface area (Å²) in [5, 5.41) is 16.8. The smallest absolute Gasteiger partial charge is 0.325 e. The van der Waals surface area contributed by atoms with Gasteiger partial charge >= 0.3 is 6.03 Å². The van der Waals surface area contributed by atoms with Crippen molar-refractivity contribution in [1.82, 2.24) is 25.5 Å². The van der Waals surface area contributed by atoms with E-state index in [1.807, 2.05) is 20.8 Å². The van der Waals surface area contributed by atoms with E-state index in [1.54, 1.807) is 22.9 Å². The molecule has 0 unspecified atom stereocenters. The molecule has 2 aromatic rings. The van der Waals surface area contributed by atoms with Crippen LogP contribution in [0.15, 0.2) is 23.4 Å². The Balaban J connectivity index is 1.51. The van der Waals surface area contributed by atoms with E-state index in [2.05, 4.69) is 26.2 Å². The van der Waals surface area contributed by atoms with Gasteiger partial charge in [-0.05, 0) is 43.3 Å². The zero-order valence-electron chi connectivity index (χ0n) is 15.2. The van der Waals surface area contributed by atoms with Crippen LogP contribution in [-0.2, 0) is 10.3 Å². The van der Waals surface area contributed by atoms with Crippen molar-refractivity contribution in [3.8, 4) is 11.5 Å². The zero-order valence-corrected chi connectivity index (χ0v) is 16.0. The highest BCUT2D eigenvalue weighted by Gasteiger charge is 2.21. The van der Waals surface area contributed by atoms with E-state index in [0.717, 1.165) is 11.8 Å².